The first-order valence-corrected chi connectivity index (χ1v) is 16.4. The third-order valence-electron chi connectivity index (χ3n) is 6.67. The first kappa shape index (κ1) is 24.2. The monoisotopic (exact) mass is 560 g/mol. The van der Waals surface area contributed by atoms with Gasteiger partial charge in [0.1, 0.15) is 0 Å². The zero-order valence-corrected chi connectivity index (χ0v) is 24.7. The summed E-state index contributed by atoms with van der Waals surface area (Å²) in [5, 5.41) is 2.90. The van der Waals surface area contributed by atoms with Gasteiger partial charge in [0.25, 0.3) is 0 Å². The highest BCUT2D eigenvalue weighted by molar-refractivity contribution is 7.88. The van der Waals surface area contributed by atoms with Crippen molar-refractivity contribution in [2.24, 2.45) is 0 Å². The molecule has 4 heterocycles. The summed E-state index contributed by atoms with van der Waals surface area (Å²) in [5.41, 5.74) is 4.84. The zero-order chi connectivity index (χ0) is 25.2. The van der Waals surface area contributed by atoms with Gasteiger partial charge in [0.05, 0.1) is 14.7 Å². The fourth-order valence-corrected chi connectivity index (χ4v) is 13.2. The Morgan fingerprint density at radius 1 is 0.917 bits per heavy atom. The van der Waals surface area contributed by atoms with Crippen molar-refractivity contribution in [1.82, 2.24) is 0 Å². The summed E-state index contributed by atoms with van der Waals surface area (Å²) < 4.78 is 17.7. The van der Waals surface area contributed by atoms with Gasteiger partial charge in [0, 0.05) is 41.2 Å². The zero-order valence-electron chi connectivity index (χ0n) is 20.5. The molecule has 3 aromatic heterocycles. The van der Waals surface area contributed by atoms with Crippen molar-refractivity contribution < 1.29 is 4.57 Å². The van der Waals surface area contributed by atoms with E-state index in [4.69, 9.17) is 0 Å². The predicted molar refractivity (Wildman–Crippen MR) is 167 cm³/mol. The van der Waals surface area contributed by atoms with Crippen LogP contribution in [-0.4, -0.2) is 0 Å². The van der Waals surface area contributed by atoms with E-state index in [2.05, 4.69) is 69.8 Å². The molecule has 5 aromatic rings. The van der Waals surface area contributed by atoms with Gasteiger partial charge in [0.15, 0.2) is 7.14 Å². The second-order valence-electron chi connectivity index (χ2n) is 9.06. The summed E-state index contributed by atoms with van der Waals surface area (Å²) in [4.78, 5) is 5.98. The molecule has 1 unspecified atom stereocenters. The minimum absolute atomic E-state index is 0.910. The van der Waals surface area contributed by atoms with Crippen LogP contribution >= 0.6 is 53.8 Å². The third kappa shape index (κ3) is 3.52. The minimum atomic E-state index is -3.00. The van der Waals surface area contributed by atoms with E-state index in [1.807, 2.05) is 66.0 Å². The Balaban J connectivity index is 1.76. The molecule has 0 bridgehead atoms. The summed E-state index contributed by atoms with van der Waals surface area (Å²) in [6.07, 6.45) is 4.31. The van der Waals surface area contributed by atoms with Crippen molar-refractivity contribution in [1.29, 1.82) is 0 Å². The molecular weight excluding hydrogens is 536 g/mol. The van der Waals surface area contributed by atoms with E-state index in [0.29, 0.717) is 0 Å². The lowest BCUT2D eigenvalue weighted by Crippen LogP contribution is -2.20. The normalized spacial score (nSPS) is 17.6. The number of benzene rings is 2. The maximum atomic E-state index is 15.3. The minimum Gasteiger partial charge on any atom is -0.309 e. The first-order chi connectivity index (χ1) is 17.3. The van der Waals surface area contributed by atoms with Crippen LogP contribution in [0.1, 0.15) is 28.5 Å². The van der Waals surface area contributed by atoms with Crippen molar-refractivity contribution in [2.75, 3.05) is 0 Å². The fraction of sp³-hybridized carbons (Fsp3) is 0.133. The Hall–Kier alpha value is -2.14. The van der Waals surface area contributed by atoms with Gasteiger partial charge in [0.2, 0.25) is 0 Å². The van der Waals surface area contributed by atoms with E-state index in [-0.39, 0.29) is 0 Å². The van der Waals surface area contributed by atoms with E-state index in [9.17, 15) is 0 Å². The van der Waals surface area contributed by atoms with Crippen molar-refractivity contribution in [2.45, 2.75) is 27.7 Å². The van der Waals surface area contributed by atoms with Crippen molar-refractivity contribution >= 4 is 84.7 Å². The number of hydrogen-bond acceptors (Lipinski definition) is 5. The van der Waals surface area contributed by atoms with Gasteiger partial charge in [-0.05, 0) is 55.9 Å². The highest BCUT2D eigenvalue weighted by atomic mass is 32.1. The van der Waals surface area contributed by atoms with E-state index in [1.54, 1.807) is 11.3 Å². The molecule has 6 rings (SSSR count). The molecule has 0 spiro atoms. The molecule has 180 valence electrons. The largest absolute Gasteiger partial charge is 0.309 e. The lowest BCUT2D eigenvalue weighted by molar-refractivity contribution is 0.593. The molecular formula is C30H25OPS4. The fourth-order valence-electron chi connectivity index (χ4n) is 5.19. The molecule has 1 atom stereocenters. The quantitative estimate of drug-likeness (QED) is 0.129. The Bertz CT molecular complexity index is 1760. The molecule has 1 aliphatic rings. The summed E-state index contributed by atoms with van der Waals surface area (Å²) in [6, 6.07) is 20.7. The number of allylic oxidation sites excluding steroid dienone is 4. The van der Waals surface area contributed by atoms with Crippen LogP contribution in [0.5, 0.6) is 0 Å². The van der Waals surface area contributed by atoms with Gasteiger partial charge in [-0.2, -0.15) is 0 Å². The number of rotatable bonds is 4. The molecule has 6 heteroatoms. The van der Waals surface area contributed by atoms with Gasteiger partial charge in [-0.1, -0.05) is 60.7 Å². The maximum absolute atomic E-state index is 15.3. The van der Waals surface area contributed by atoms with Crippen LogP contribution in [0.3, 0.4) is 0 Å². The van der Waals surface area contributed by atoms with E-state index < -0.39 is 7.14 Å². The van der Waals surface area contributed by atoms with Crippen molar-refractivity contribution in [3.8, 4) is 21.6 Å². The van der Waals surface area contributed by atoms with Gasteiger partial charge in [-0.25, -0.2) is 0 Å². The Kier molecular flexibility index (Phi) is 6.06. The van der Waals surface area contributed by atoms with Crippen LogP contribution in [0, 0.1) is 13.8 Å². The van der Waals surface area contributed by atoms with Gasteiger partial charge in [-0.15, -0.1) is 46.6 Å². The van der Waals surface area contributed by atoms with Gasteiger partial charge in [-0.3, -0.25) is 0 Å². The molecule has 0 radical (unpaired) electrons. The van der Waals surface area contributed by atoms with Crippen LogP contribution in [-0.2, 0) is 4.57 Å². The summed E-state index contributed by atoms with van der Waals surface area (Å²) in [5.74, 6) is 0. The van der Waals surface area contributed by atoms with Crippen molar-refractivity contribution in [3.63, 3.8) is 0 Å². The molecule has 1 nitrogen and oxygen atoms in total. The van der Waals surface area contributed by atoms with Crippen LogP contribution < -0.4 is 15.9 Å². The van der Waals surface area contributed by atoms with E-state index >= 15 is 4.57 Å². The highest BCUT2D eigenvalue weighted by Crippen LogP contribution is 2.60. The molecule has 0 amide bonds. The topological polar surface area (TPSA) is 17.1 Å². The molecule has 2 aromatic carbocycles. The van der Waals surface area contributed by atoms with Crippen molar-refractivity contribution in [3.05, 3.63) is 92.4 Å². The lowest BCUT2D eigenvalue weighted by Gasteiger charge is -2.15. The molecule has 0 saturated heterocycles. The van der Waals surface area contributed by atoms with Gasteiger partial charge < -0.3 is 4.57 Å². The standard InChI is InChI=1S/C30H25OPS4/c1-5-20(15-17(2)33)27-25(23-16-18(3)34-19(23)4)29-30(35-27)26-28(36-29)22-13-9-10-14-24(22)32(26,31)21-11-7-6-8-12-21/h5-16,33H,1-4H3/b17-15-,20-5-. The SMILES string of the molecule is C/C=C(/C=C(/C)S)c1sc2c3c(sc2c1-c1cc(C)sc1C)-c1ccccc1P3(=O)c1ccccc1. The van der Waals surface area contributed by atoms with Crippen LogP contribution in [0.4, 0.5) is 0 Å². The van der Waals surface area contributed by atoms with Crippen LogP contribution in [0.2, 0.25) is 0 Å². The average Bonchev–Trinajstić information content (AvgIpc) is 3.57. The number of aryl methyl sites for hydroxylation is 2. The molecule has 0 aliphatic carbocycles. The summed E-state index contributed by atoms with van der Waals surface area (Å²) >= 11 is 10.0. The number of fused-ring (bicyclic) bond motifs is 5. The van der Waals surface area contributed by atoms with E-state index in [1.165, 1.54) is 35.3 Å². The second kappa shape index (κ2) is 9.01. The molecule has 0 N–H and O–H groups in total. The Morgan fingerprint density at radius 3 is 2.31 bits per heavy atom. The maximum Gasteiger partial charge on any atom is 0.174 e. The first-order valence-electron chi connectivity index (χ1n) is 11.8. The Morgan fingerprint density at radius 2 is 1.64 bits per heavy atom. The smallest absolute Gasteiger partial charge is 0.174 e. The Labute approximate surface area is 229 Å². The number of thiol groups is 1. The molecule has 1 aliphatic heterocycles. The van der Waals surface area contributed by atoms with Crippen LogP contribution in [0.15, 0.2) is 77.7 Å². The van der Waals surface area contributed by atoms with Gasteiger partial charge >= 0.3 is 0 Å². The molecule has 0 fully saturated rings. The number of thiophene rings is 3. The summed E-state index contributed by atoms with van der Waals surface area (Å²) in [7, 11) is -3.00. The molecule has 0 saturated carbocycles. The average molecular weight is 561 g/mol. The molecule has 36 heavy (non-hydrogen) atoms. The predicted octanol–water partition coefficient (Wildman–Crippen LogP) is 9.16. The highest BCUT2D eigenvalue weighted by Gasteiger charge is 2.44. The second-order valence-corrected chi connectivity index (χ2v) is 15.9. The number of hydrogen-bond donors (Lipinski definition) is 1. The third-order valence-corrected chi connectivity index (χ3v) is 13.9. The summed E-state index contributed by atoms with van der Waals surface area (Å²) in [6.45, 7) is 8.48. The van der Waals surface area contributed by atoms with Crippen LogP contribution in [0.25, 0.3) is 36.5 Å². The lowest BCUT2D eigenvalue weighted by atomic mass is 10.0. The van der Waals surface area contributed by atoms with E-state index in [0.717, 1.165) is 36.7 Å².